The summed E-state index contributed by atoms with van der Waals surface area (Å²) in [7, 11) is 1.25. The molecular weight excluding hydrogens is 464 g/mol. The first-order valence-corrected chi connectivity index (χ1v) is 11.7. The number of esters is 1. The van der Waals surface area contributed by atoms with Crippen molar-refractivity contribution in [1.82, 2.24) is 14.1 Å². The fourth-order valence-electron chi connectivity index (χ4n) is 3.26. The number of thioether (sulfide) groups is 1. The highest BCUT2D eigenvalue weighted by molar-refractivity contribution is 8.00. The van der Waals surface area contributed by atoms with E-state index in [4.69, 9.17) is 4.74 Å². The summed E-state index contributed by atoms with van der Waals surface area (Å²) in [4.78, 5) is 55.8. The van der Waals surface area contributed by atoms with Crippen LogP contribution < -0.4 is 16.6 Å². The quantitative estimate of drug-likeness (QED) is 0.332. The smallest absolute Gasteiger partial charge is 0.339 e. The molecule has 11 heteroatoms. The zero-order valence-corrected chi connectivity index (χ0v) is 19.2. The summed E-state index contributed by atoms with van der Waals surface area (Å²) in [6, 6.07) is 14.9. The molecule has 0 aliphatic heterocycles. The Morgan fingerprint density at radius 3 is 2.48 bits per heavy atom. The van der Waals surface area contributed by atoms with Crippen LogP contribution in [0.1, 0.15) is 10.4 Å². The van der Waals surface area contributed by atoms with Crippen LogP contribution in [0.5, 0.6) is 0 Å². The number of ether oxygens (including phenoxy) is 1. The van der Waals surface area contributed by atoms with E-state index in [0.717, 1.165) is 20.5 Å². The second-order valence-electron chi connectivity index (χ2n) is 6.77. The maximum atomic E-state index is 13.3. The number of benzene rings is 2. The minimum absolute atomic E-state index is 0.142. The molecule has 0 radical (unpaired) electrons. The van der Waals surface area contributed by atoms with E-state index in [0.29, 0.717) is 10.0 Å². The van der Waals surface area contributed by atoms with Crippen molar-refractivity contribution < 1.29 is 14.3 Å². The lowest BCUT2D eigenvalue weighted by atomic mass is 10.2. The Balaban J connectivity index is 1.80. The van der Waals surface area contributed by atoms with Gasteiger partial charge in [0.15, 0.2) is 9.99 Å². The third-order valence-corrected chi connectivity index (χ3v) is 6.78. The molecule has 2 heterocycles. The first-order chi connectivity index (χ1) is 15.9. The summed E-state index contributed by atoms with van der Waals surface area (Å²) in [5.74, 6) is -1.17. The number of rotatable bonds is 6. The normalized spacial score (nSPS) is 10.8. The van der Waals surface area contributed by atoms with Gasteiger partial charge in [0.05, 0.1) is 24.0 Å². The number of methoxy groups -OCH3 is 1. The van der Waals surface area contributed by atoms with Gasteiger partial charge >= 0.3 is 11.7 Å². The van der Waals surface area contributed by atoms with Crippen molar-refractivity contribution in [3.63, 3.8) is 0 Å². The Hall–Kier alpha value is -3.70. The predicted octanol–water partition coefficient (Wildman–Crippen LogP) is 2.76. The molecule has 2 aromatic carbocycles. The standard InChI is InChI=1S/C22H18N4O5S2/c1-31-20(29)14-10-6-7-11-15(14)23-16(27)12-25-18-17(33-21(24-18)32-2)19(28)26(22(25)30)13-8-4-3-5-9-13/h3-11H,12H2,1-2H3,(H,23,27). The lowest BCUT2D eigenvalue weighted by molar-refractivity contribution is -0.116. The molecule has 4 aromatic rings. The van der Waals surface area contributed by atoms with Crippen LogP contribution in [0.4, 0.5) is 5.69 Å². The molecule has 4 rings (SSSR count). The number of para-hydroxylation sites is 2. The van der Waals surface area contributed by atoms with Gasteiger partial charge < -0.3 is 10.1 Å². The molecule has 9 nitrogen and oxygen atoms in total. The number of hydrogen-bond acceptors (Lipinski definition) is 8. The Morgan fingerprint density at radius 2 is 1.79 bits per heavy atom. The van der Waals surface area contributed by atoms with Crippen molar-refractivity contribution in [2.24, 2.45) is 0 Å². The zero-order chi connectivity index (χ0) is 23.5. The second-order valence-corrected chi connectivity index (χ2v) is 8.82. The van der Waals surface area contributed by atoms with E-state index in [9.17, 15) is 19.2 Å². The van der Waals surface area contributed by atoms with E-state index in [-0.39, 0.29) is 21.6 Å². The Bertz CT molecular complexity index is 1470. The minimum atomic E-state index is -0.687. The van der Waals surface area contributed by atoms with Crippen molar-refractivity contribution in [3.05, 3.63) is 81.0 Å². The van der Waals surface area contributed by atoms with Gasteiger partial charge in [0, 0.05) is 0 Å². The third-order valence-electron chi connectivity index (χ3n) is 4.76. The topological polar surface area (TPSA) is 112 Å². The predicted molar refractivity (Wildman–Crippen MR) is 128 cm³/mol. The molecule has 0 saturated heterocycles. The van der Waals surface area contributed by atoms with Gasteiger partial charge in [-0.3, -0.25) is 14.2 Å². The van der Waals surface area contributed by atoms with Gasteiger partial charge in [0.1, 0.15) is 11.2 Å². The number of fused-ring (bicyclic) bond motifs is 1. The van der Waals surface area contributed by atoms with Gasteiger partial charge in [-0.25, -0.2) is 19.1 Å². The average Bonchev–Trinajstić information content (AvgIpc) is 3.27. The van der Waals surface area contributed by atoms with E-state index >= 15 is 0 Å². The van der Waals surface area contributed by atoms with Crippen LogP contribution >= 0.6 is 23.1 Å². The van der Waals surface area contributed by atoms with Crippen LogP contribution in [0.3, 0.4) is 0 Å². The first-order valence-electron chi connectivity index (χ1n) is 9.67. The van der Waals surface area contributed by atoms with Gasteiger partial charge in [-0.1, -0.05) is 42.1 Å². The molecule has 168 valence electrons. The van der Waals surface area contributed by atoms with E-state index in [1.165, 1.54) is 24.9 Å². The molecule has 0 bridgehead atoms. The number of amides is 1. The van der Waals surface area contributed by atoms with Gasteiger partial charge in [0.2, 0.25) is 5.91 Å². The SMILES string of the molecule is COC(=O)c1ccccc1NC(=O)Cn1c(=O)n(-c2ccccc2)c(=O)c2sc(SC)nc21. The van der Waals surface area contributed by atoms with Crippen LogP contribution in [-0.2, 0) is 16.1 Å². The number of nitrogens with zero attached hydrogens (tertiary/aromatic N) is 3. The van der Waals surface area contributed by atoms with E-state index in [2.05, 4.69) is 10.3 Å². The molecule has 0 aliphatic rings. The maximum absolute atomic E-state index is 13.3. The molecule has 0 saturated carbocycles. The van der Waals surface area contributed by atoms with Crippen LogP contribution in [-0.4, -0.2) is 39.4 Å². The molecule has 2 aromatic heterocycles. The lowest BCUT2D eigenvalue weighted by Crippen LogP contribution is -2.40. The number of carbonyl (C=O) groups is 2. The maximum Gasteiger partial charge on any atom is 0.339 e. The molecule has 0 fully saturated rings. The average molecular weight is 483 g/mol. The van der Waals surface area contributed by atoms with Crippen LogP contribution in [0.15, 0.2) is 68.5 Å². The molecule has 0 atom stereocenters. The summed E-state index contributed by atoms with van der Waals surface area (Å²) in [5.41, 5.74) is -0.224. The molecule has 1 amide bonds. The van der Waals surface area contributed by atoms with Crippen molar-refractivity contribution >= 4 is 51.0 Å². The molecular formula is C22H18N4O5S2. The number of thiazole rings is 1. The fraction of sp³-hybridized carbons (Fsp3) is 0.136. The van der Waals surface area contributed by atoms with Crippen LogP contribution in [0.2, 0.25) is 0 Å². The van der Waals surface area contributed by atoms with Crippen LogP contribution in [0, 0.1) is 0 Å². The number of carbonyl (C=O) groups excluding carboxylic acids is 2. The summed E-state index contributed by atoms with van der Waals surface area (Å²) in [6.45, 7) is -0.407. The second kappa shape index (κ2) is 9.43. The molecule has 1 N–H and O–H groups in total. The highest BCUT2D eigenvalue weighted by Crippen LogP contribution is 2.25. The van der Waals surface area contributed by atoms with E-state index in [1.54, 1.807) is 48.5 Å². The monoisotopic (exact) mass is 482 g/mol. The number of anilines is 1. The Morgan fingerprint density at radius 1 is 1.09 bits per heavy atom. The molecule has 0 unspecified atom stereocenters. The third kappa shape index (κ3) is 4.32. The fourth-order valence-corrected chi connectivity index (χ4v) is 4.76. The first kappa shape index (κ1) is 22.5. The lowest BCUT2D eigenvalue weighted by Gasteiger charge is -2.13. The van der Waals surface area contributed by atoms with Crippen molar-refractivity contribution in [3.8, 4) is 5.69 Å². The summed E-state index contributed by atoms with van der Waals surface area (Å²) in [6.07, 6.45) is 1.81. The Labute approximate surface area is 195 Å². The number of nitrogens with one attached hydrogen (secondary N) is 1. The largest absolute Gasteiger partial charge is 0.465 e. The van der Waals surface area contributed by atoms with Gasteiger partial charge in [-0.05, 0) is 30.5 Å². The number of aromatic nitrogens is 3. The Kier molecular flexibility index (Phi) is 6.43. The number of hydrogen-bond donors (Lipinski definition) is 1. The van der Waals surface area contributed by atoms with Gasteiger partial charge in [0.25, 0.3) is 5.56 Å². The summed E-state index contributed by atoms with van der Waals surface area (Å²) >= 11 is 2.50. The molecule has 0 aliphatic carbocycles. The van der Waals surface area contributed by atoms with Crippen LogP contribution in [0.25, 0.3) is 16.0 Å². The van der Waals surface area contributed by atoms with Gasteiger partial charge in [-0.15, -0.1) is 11.3 Å². The zero-order valence-electron chi connectivity index (χ0n) is 17.6. The molecule has 33 heavy (non-hydrogen) atoms. The summed E-state index contributed by atoms with van der Waals surface area (Å²) in [5, 5.41) is 2.64. The highest BCUT2D eigenvalue weighted by Gasteiger charge is 2.21. The highest BCUT2D eigenvalue weighted by atomic mass is 32.2. The van der Waals surface area contributed by atoms with Crippen molar-refractivity contribution in [2.75, 3.05) is 18.7 Å². The summed E-state index contributed by atoms with van der Waals surface area (Å²) < 4.78 is 7.81. The van der Waals surface area contributed by atoms with Crippen molar-refractivity contribution in [1.29, 1.82) is 0 Å². The van der Waals surface area contributed by atoms with E-state index in [1.807, 2.05) is 6.26 Å². The molecule has 0 spiro atoms. The van der Waals surface area contributed by atoms with Crippen molar-refractivity contribution in [2.45, 2.75) is 10.9 Å². The van der Waals surface area contributed by atoms with E-state index < -0.39 is 29.7 Å². The minimum Gasteiger partial charge on any atom is -0.465 e. The van der Waals surface area contributed by atoms with Gasteiger partial charge in [-0.2, -0.15) is 0 Å².